The van der Waals surface area contributed by atoms with Crippen molar-refractivity contribution in [2.75, 3.05) is 0 Å². The van der Waals surface area contributed by atoms with Gasteiger partial charge in [0, 0.05) is 0 Å². The molecule has 1 amide bonds. The molecule has 47 valence electrons. The summed E-state index contributed by atoms with van der Waals surface area (Å²) in [4.78, 5) is 11.1. The summed E-state index contributed by atoms with van der Waals surface area (Å²) in [7, 11) is 0. The number of rotatable bonds is 2. The molecule has 0 saturated heterocycles. The molecule has 9 heavy (non-hydrogen) atoms. The van der Waals surface area contributed by atoms with Crippen molar-refractivity contribution in [1.29, 1.82) is 0 Å². The Morgan fingerprint density at radius 3 is 3.00 bits per heavy atom. The SMILES string of the molecule is [NH]C(=O)Cn1ncnn1. The summed E-state index contributed by atoms with van der Waals surface area (Å²) >= 11 is 0. The van der Waals surface area contributed by atoms with Crippen molar-refractivity contribution in [1.82, 2.24) is 25.9 Å². The smallest absolute Gasteiger partial charge is 0.262 e. The van der Waals surface area contributed by atoms with Crippen molar-refractivity contribution in [2.24, 2.45) is 0 Å². The van der Waals surface area contributed by atoms with E-state index in [2.05, 4.69) is 15.4 Å². The zero-order valence-corrected chi connectivity index (χ0v) is 4.48. The van der Waals surface area contributed by atoms with Gasteiger partial charge in [-0.05, 0) is 5.21 Å². The second kappa shape index (κ2) is 2.21. The third-order valence-corrected chi connectivity index (χ3v) is 0.676. The molecule has 1 N–H and O–H groups in total. The molecule has 0 aliphatic carbocycles. The number of aromatic nitrogens is 4. The third-order valence-electron chi connectivity index (χ3n) is 0.676. The van der Waals surface area contributed by atoms with Gasteiger partial charge in [-0.3, -0.25) is 10.5 Å². The van der Waals surface area contributed by atoms with E-state index in [0.717, 1.165) is 4.80 Å². The van der Waals surface area contributed by atoms with Crippen molar-refractivity contribution in [2.45, 2.75) is 6.54 Å². The second-order valence-electron chi connectivity index (χ2n) is 1.39. The highest BCUT2D eigenvalue weighted by Gasteiger charge is 1.96. The second-order valence-corrected chi connectivity index (χ2v) is 1.39. The van der Waals surface area contributed by atoms with Crippen LogP contribution in [0.25, 0.3) is 0 Å². The molecular weight excluding hydrogens is 122 g/mol. The predicted molar refractivity (Wildman–Crippen MR) is 25.9 cm³/mol. The molecule has 0 unspecified atom stereocenters. The zero-order valence-electron chi connectivity index (χ0n) is 4.48. The fourth-order valence-electron chi connectivity index (χ4n) is 0.389. The number of nitrogens with zero attached hydrogens (tertiary/aromatic N) is 4. The Hall–Kier alpha value is -1.46. The summed E-state index contributed by atoms with van der Waals surface area (Å²) in [6, 6.07) is 0. The molecule has 0 saturated carbocycles. The van der Waals surface area contributed by atoms with Crippen LogP contribution in [0.2, 0.25) is 0 Å². The summed E-state index contributed by atoms with van der Waals surface area (Å²) in [6.45, 7) is -0.125. The van der Waals surface area contributed by atoms with E-state index in [0.29, 0.717) is 0 Å². The first-order valence-corrected chi connectivity index (χ1v) is 2.24. The van der Waals surface area contributed by atoms with Crippen LogP contribution in [0.15, 0.2) is 6.33 Å². The summed E-state index contributed by atoms with van der Waals surface area (Å²) < 4.78 is 0. The molecule has 6 nitrogen and oxygen atoms in total. The molecule has 0 fully saturated rings. The molecule has 6 heteroatoms. The van der Waals surface area contributed by atoms with Crippen LogP contribution in [0.5, 0.6) is 0 Å². The Bertz CT molecular complexity index is 192. The van der Waals surface area contributed by atoms with Gasteiger partial charge in [0.15, 0.2) is 6.33 Å². The number of nitrogens with one attached hydrogen (secondary N) is 1. The molecule has 1 aromatic heterocycles. The molecule has 1 aromatic rings. The largest absolute Gasteiger partial charge is 0.271 e. The van der Waals surface area contributed by atoms with Crippen molar-refractivity contribution in [3.63, 3.8) is 0 Å². The molecular formula is C3H4N5O. The fourth-order valence-corrected chi connectivity index (χ4v) is 0.389. The number of amides is 1. The first-order valence-electron chi connectivity index (χ1n) is 2.24. The van der Waals surface area contributed by atoms with Gasteiger partial charge in [-0.1, -0.05) is 0 Å². The van der Waals surface area contributed by atoms with Gasteiger partial charge < -0.3 is 0 Å². The molecule has 0 atom stereocenters. The van der Waals surface area contributed by atoms with E-state index in [-0.39, 0.29) is 6.54 Å². The predicted octanol–water partition coefficient (Wildman–Crippen LogP) is -1.52. The molecule has 1 radical (unpaired) electrons. The van der Waals surface area contributed by atoms with E-state index in [1.807, 2.05) is 0 Å². The first kappa shape index (κ1) is 5.67. The van der Waals surface area contributed by atoms with Crippen LogP contribution in [-0.2, 0) is 11.3 Å². The number of carbonyl (C=O) groups is 1. The maximum Gasteiger partial charge on any atom is 0.262 e. The highest BCUT2D eigenvalue weighted by Crippen LogP contribution is 1.71. The van der Waals surface area contributed by atoms with E-state index in [1.54, 1.807) is 0 Å². The third kappa shape index (κ3) is 1.48. The van der Waals surface area contributed by atoms with E-state index < -0.39 is 5.91 Å². The lowest BCUT2D eigenvalue weighted by molar-refractivity contribution is -0.119. The average Bonchev–Trinajstić information content (AvgIpc) is 2.15. The normalized spacial score (nSPS) is 9.33. The fraction of sp³-hybridized carbons (Fsp3) is 0.333. The minimum absolute atomic E-state index is 0.125. The lowest BCUT2D eigenvalue weighted by Crippen LogP contribution is -2.12. The van der Waals surface area contributed by atoms with E-state index in [4.69, 9.17) is 5.73 Å². The first-order chi connectivity index (χ1) is 4.29. The highest BCUT2D eigenvalue weighted by molar-refractivity contribution is 5.72. The van der Waals surface area contributed by atoms with Crippen LogP contribution in [0, 0.1) is 0 Å². The number of hydrogen-bond acceptors (Lipinski definition) is 4. The van der Waals surface area contributed by atoms with Crippen molar-refractivity contribution >= 4 is 5.91 Å². The van der Waals surface area contributed by atoms with Gasteiger partial charge in [0.25, 0.3) is 5.91 Å². The van der Waals surface area contributed by atoms with E-state index in [9.17, 15) is 4.79 Å². The van der Waals surface area contributed by atoms with Crippen molar-refractivity contribution in [3.8, 4) is 0 Å². The molecule has 1 heterocycles. The zero-order chi connectivity index (χ0) is 6.69. The Morgan fingerprint density at radius 1 is 1.78 bits per heavy atom. The highest BCUT2D eigenvalue weighted by atomic mass is 16.1. The Morgan fingerprint density at radius 2 is 2.56 bits per heavy atom. The van der Waals surface area contributed by atoms with E-state index >= 15 is 0 Å². The Labute approximate surface area is 50.6 Å². The average molecular weight is 126 g/mol. The van der Waals surface area contributed by atoms with Gasteiger partial charge in [-0.25, -0.2) is 0 Å². The Balaban J connectivity index is 2.58. The van der Waals surface area contributed by atoms with Crippen LogP contribution < -0.4 is 5.73 Å². The lowest BCUT2D eigenvalue weighted by atomic mass is 10.6. The minimum Gasteiger partial charge on any atom is -0.271 e. The molecule has 0 spiro atoms. The summed E-state index contributed by atoms with van der Waals surface area (Å²) in [5.41, 5.74) is 6.49. The molecule has 0 aliphatic rings. The molecule has 0 aromatic carbocycles. The van der Waals surface area contributed by atoms with Gasteiger partial charge in [0.2, 0.25) is 0 Å². The van der Waals surface area contributed by atoms with Crippen LogP contribution in [0.4, 0.5) is 0 Å². The van der Waals surface area contributed by atoms with Crippen LogP contribution >= 0.6 is 0 Å². The minimum atomic E-state index is -0.729. The topological polar surface area (TPSA) is 84.5 Å². The van der Waals surface area contributed by atoms with Crippen LogP contribution in [-0.4, -0.2) is 26.1 Å². The molecule has 1 rings (SSSR count). The number of tetrazole rings is 1. The number of carbonyl (C=O) groups excluding carboxylic acids is 1. The standard InChI is InChI=1S/C3H4N5O/c4-3(9)1-8-6-2-5-7-8/h2,4H,1H2. The van der Waals surface area contributed by atoms with Gasteiger partial charge in [0.1, 0.15) is 6.54 Å². The van der Waals surface area contributed by atoms with E-state index in [1.165, 1.54) is 6.33 Å². The van der Waals surface area contributed by atoms with Gasteiger partial charge in [-0.15, -0.1) is 10.2 Å². The quantitative estimate of drug-likeness (QED) is 0.481. The monoisotopic (exact) mass is 126 g/mol. The summed E-state index contributed by atoms with van der Waals surface area (Å²) in [6.07, 6.45) is 1.21. The summed E-state index contributed by atoms with van der Waals surface area (Å²) in [5, 5.41) is 10.2. The van der Waals surface area contributed by atoms with Gasteiger partial charge >= 0.3 is 0 Å². The number of hydrogen-bond donors (Lipinski definition) is 0. The van der Waals surface area contributed by atoms with Gasteiger partial charge in [-0.2, -0.15) is 4.80 Å². The van der Waals surface area contributed by atoms with Gasteiger partial charge in [0.05, 0.1) is 0 Å². The molecule has 0 aliphatic heterocycles. The Kier molecular flexibility index (Phi) is 1.39. The van der Waals surface area contributed by atoms with Crippen LogP contribution in [0.3, 0.4) is 0 Å². The van der Waals surface area contributed by atoms with Crippen molar-refractivity contribution in [3.05, 3.63) is 6.33 Å². The maximum absolute atomic E-state index is 10.0. The lowest BCUT2D eigenvalue weighted by Gasteiger charge is -1.87. The summed E-state index contributed by atoms with van der Waals surface area (Å²) in [5.74, 6) is -0.729. The van der Waals surface area contributed by atoms with Crippen LogP contribution in [0.1, 0.15) is 0 Å². The van der Waals surface area contributed by atoms with Crippen molar-refractivity contribution < 1.29 is 4.79 Å². The molecule has 0 bridgehead atoms. The maximum atomic E-state index is 10.0.